The third-order valence-electron chi connectivity index (χ3n) is 13.8. The topological polar surface area (TPSA) is 8.17 Å². The molecule has 2 nitrogen and oxygen atoms in total. The van der Waals surface area contributed by atoms with E-state index in [1.807, 2.05) is 6.08 Å². The Balaban J connectivity index is 1.06. The van der Waals surface area contributed by atoms with E-state index < -0.39 is 0 Å². The molecule has 55 heavy (non-hydrogen) atoms. The van der Waals surface area contributed by atoms with E-state index in [0.29, 0.717) is 5.41 Å². The lowest BCUT2D eigenvalue weighted by molar-refractivity contribution is -0.0281. The Morgan fingerprint density at radius 1 is 0.655 bits per heavy atom. The Kier molecular flexibility index (Phi) is 8.36. The number of hydrogen-bond donors (Lipinski definition) is 0. The average molecular weight is 717 g/mol. The number of aryl methyl sites for hydroxylation is 2. The molecule has 2 unspecified atom stereocenters. The third-order valence-corrected chi connectivity index (χ3v) is 13.8. The fourth-order valence-corrected chi connectivity index (χ4v) is 11.6. The van der Waals surface area contributed by atoms with E-state index in [0.717, 1.165) is 18.3 Å². The highest BCUT2D eigenvalue weighted by atomic mass is 15.1. The van der Waals surface area contributed by atoms with Crippen LogP contribution in [0.3, 0.4) is 0 Å². The Bertz CT molecular complexity index is 2490. The van der Waals surface area contributed by atoms with Gasteiger partial charge in [0, 0.05) is 33.5 Å². The van der Waals surface area contributed by atoms with Crippen LogP contribution in [0, 0.1) is 18.8 Å². The molecule has 0 amide bonds. The number of rotatable bonds is 10. The maximum atomic E-state index is 4.01. The van der Waals surface area contributed by atoms with E-state index in [1.165, 1.54) is 113 Å². The molecule has 4 aliphatic rings. The van der Waals surface area contributed by atoms with Gasteiger partial charge in [-0.25, -0.2) is 0 Å². The number of anilines is 3. The highest BCUT2D eigenvalue weighted by Gasteiger charge is 2.58. The number of unbranched alkanes of at least 4 members (excludes halogenated alkanes) is 1. The Morgan fingerprint density at radius 2 is 1.24 bits per heavy atom. The zero-order valence-electron chi connectivity index (χ0n) is 32.5. The highest BCUT2D eigenvalue weighted by molar-refractivity contribution is 6.10. The molecule has 11 rings (SSSR count). The number of aromatic nitrogens is 1. The summed E-state index contributed by atoms with van der Waals surface area (Å²) in [7, 11) is 0. The van der Waals surface area contributed by atoms with Gasteiger partial charge in [0.2, 0.25) is 0 Å². The first-order valence-corrected chi connectivity index (χ1v) is 20.8. The van der Waals surface area contributed by atoms with E-state index in [-0.39, 0.29) is 5.41 Å². The van der Waals surface area contributed by atoms with Gasteiger partial charge in [-0.3, -0.25) is 0 Å². The molecule has 6 aromatic carbocycles. The Hall–Kier alpha value is -5.34. The van der Waals surface area contributed by atoms with Crippen molar-refractivity contribution in [1.82, 2.24) is 4.57 Å². The lowest BCUT2D eigenvalue weighted by Crippen LogP contribution is -2.55. The lowest BCUT2D eigenvalue weighted by atomic mass is 9.42. The molecule has 4 aliphatic carbocycles. The van der Waals surface area contributed by atoms with Gasteiger partial charge in [0.1, 0.15) is 0 Å². The van der Waals surface area contributed by atoms with Gasteiger partial charge in [-0.2, -0.15) is 0 Å². The number of nitrogens with zero attached hydrogens (tertiary/aromatic N) is 2. The number of para-hydroxylation sites is 1. The normalized spacial score (nSPS) is 22.7. The van der Waals surface area contributed by atoms with Crippen molar-refractivity contribution >= 4 is 44.9 Å². The quantitative estimate of drug-likeness (QED) is 0.137. The molecule has 1 aromatic heterocycles. The summed E-state index contributed by atoms with van der Waals surface area (Å²) in [5.41, 5.74) is 14.8. The van der Waals surface area contributed by atoms with Crippen molar-refractivity contribution in [2.45, 2.75) is 82.5 Å². The van der Waals surface area contributed by atoms with Crippen molar-refractivity contribution in [2.75, 3.05) is 4.90 Å². The van der Waals surface area contributed by atoms with Crippen molar-refractivity contribution in [3.05, 3.63) is 174 Å². The van der Waals surface area contributed by atoms with Crippen LogP contribution in [0.15, 0.2) is 146 Å². The van der Waals surface area contributed by atoms with Crippen molar-refractivity contribution in [1.29, 1.82) is 0 Å². The van der Waals surface area contributed by atoms with Crippen LogP contribution in [0.2, 0.25) is 0 Å². The molecule has 4 fully saturated rings. The fourth-order valence-electron chi connectivity index (χ4n) is 11.6. The Labute approximate surface area is 327 Å². The van der Waals surface area contributed by atoms with Crippen LogP contribution in [0.5, 0.6) is 0 Å². The van der Waals surface area contributed by atoms with Crippen LogP contribution in [-0.2, 0) is 17.3 Å². The SMILES string of the molecule is C=Cc1ccc(C23CC4CC(C2)CC(c2ccc(N(c5ccc(CCCC)cc5)c5ccc6c(c5)c5ccccc5n6-c5ccc(C)cc5)cc2)(C4)C3)cc1. The summed E-state index contributed by atoms with van der Waals surface area (Å²) in [6, 6.07) is 53.4. The van der Waals surface area contributed by atoms with Crippen LogP contribution >= 0.6 is 0 Å². The van der Waals surface area contributed by atoms with Gasteiger partial charge in [-0.15, -0.1) is 0 Å². The Morgan fingerprint density at radius 3 is 1.87 bits per heavy atom. The monoisotopic (exact) mass is 716 g/mol. The second kappa shape index (κ2) is 13.4. The molecule has 0 spiro atoms. The summed E-state index contributed by atoms with van der Waals surface area (Å²) in [5.74, 6) is 1.63. The molecular weight excluding hydrogens is 665 g/mol. The summed E-state index contributed by atoms with van der Waals surface area (Å²) in [5, 5.41) is 2.55. The molecule has 7 aromatic rings. The molecule has 1 heterocycles. The maximum absolute atomic E-state index is 4.01. The zero-order chi connectivity index (χ0) is 37.1. The zero-order valence-corrected chi connectivity index (χ0v) is 32.5. The van der Waals surface area contributed by atoms with Crippen LogP contribution < -0.4 is 4.90 Å². The van der Waals surface area contributed by atoms with Gasteiger partial charge in [-0.05, 0) is 164 Å². The predicted molar refractivity (Wildman–Crippen MR) is 233 cm³/mol. The summed E-state index contributed by atoms with van der Waals surface area (Å²) >= 11 is 0. The highest BCUT2D eigenvalue weighted by Crippen LogP contribution is 2.66. The summed E-state index contributed by atoms with van der Waals surface area (Å²) in [4.78, 5) is 2.48. The summed E-state index contributed by atoms with van der Waals surface area (Å²) in [6.45, 7) is 8.44. The van der Waals surface area contributed by atoms with Gasteiger partial charge < -0.3 is 9.47 Å². The maximum Gasteiger partial charge on any atom is 0.0542 e. The predicted octanol–water partition coefficient (Wildman–Crippen LogP) is 14.3. The van der Waals surface area contributed by atoms with Crippen molar-refractivity contribution in [2.24, 2.45) is 11.8 Å². The first kappa shape index (κ1) is 34.2. The molecule has 0 saturated heterocycles. The largest absolute Gasteiger partial charge is 0.310 e. The number of hydrogen-bond acceptors (Lipinski definition) is 1. The van der Waals surface area contributed by atoms with Crippen molar-refractivity contribution < 1.29 is 0 Å². The van der Waals surface area contributed by atoms with E-state index in [1.54, 1.807) is 11.1 Å². The van der Waals surface area contributed by atoms with Crippen LogP contribution in [-0.4, -0.2) is 4.57 Å². The third kappa shape index (κ3) is 5.84. The molecule has 2 atom stereocenters. The smallest absolute Gasteiger partial charge is 0.0542 e. The van der Waals surface area contributed by atoms with Crippen LogP contribution in [0.1, 0.15) is 86.1 Å². The van der Waals surface area contributed by atoms with Crippen molar-refractivity contribution in [3.63, 3.8) is 0 Å². The first-order chi connectivity index (χ1) is 26.9. The molecule has 4 saturated carbocycles. The molecule has 0 aliphatic heterocycles. The molecular formula is C53H52N2. The second-order valence-electron chi connectivity index (χ2n) is 17.4. The van der Waals surface area contributed by atoms with E-state index in [2.05, 4.69) is 169 Å². The first-order valence-electron chi connectivity index (χ1n) is 20.8. The molecule has 2 heteroatoms. The minimum absolute atomic E-state index is 0.252. The van der Waals surface area contributed by atoms with Gasteiger partial charge in [-0.1, -0.05) is 110 Å². The van der Waals surface area contributed by atoms with Gasteiger partial charge in [0.15, 0.2) is 0 Å². The molecule has 4 bridgehead atoms. The fraction of sp³-hybridized carbons (Fsp3) is 0.283. The average Bonchev–Trinajstić information content (AvgIpc) is 3.54. The van der Waals surface area contributed by atoms with Crippen molar-refractivity contribution in [3.8, 4) is 5.69 Å². The van der Waals surface area contributed by atoms with Gasteiger partial charge in [0.05, 0.1) is 11.0 Å². The second-order valence-corrected chi connectivity index (χ2v) is 17.4. The summed E-state index contributed by atoms with van der Waals surface area (Å²) in [6.07, 6.45) is 13.6. The van der Waals surface area contributed by atoms with Gasteiger partial charge >= 0.3 is 0 Å². The van der Waals surface area contributed by atoms with E-state index >= 15 is 0 Å². The number of fused-ring (bicyclic) bond motifs is 3. The minimum atomic E-state index is 0.252. The molecule has 0 N–H and O–H groups in total. The summed E-state index contributed by atoms with van der Waals surface area (Å²) < 4.78 is 2.42. The molecule has 274 valence electrons. The minimum Gasteiger partial charge on any atom is -0.310 e. The van der Waals surface area contributed by atoms with Crippen LogP contribution in [0.4, 0.5) is 17.1 Å². The lowest BCUT2D eigenvalue weighted by Gasteiger charge is -2.63. The van der Waals surface area contributed by atoms with E-state index in [9.17, 15) is 0 Å². The van der Waals surface area contributed by atoms with Crippen LogP contribution in [0.25, 0.3) is 33.6 Å². The molecule has 0 radical (unpaired) electrons. The van der Waals surface area contributed by atoms with Gasteiger partial charge in [0.25, 0.3) is 0 Å². The standard InChI is InChI=1S/C53H52N2/c1-4-6-9-39-16-24-44(25-17-39)54(47-28-29-51-49(31-47)48-10-7-8-11-50(48)55(51)46-22-12-37(3)13-23-46)45-26-20-43(21-27-45)53-34-40-30-41(35-53)33-52(32-40,36-53)42-18-14-38(5-2)15-19-42/h5,7-8,10-29,31,40-41H,2,4,6,9,30,32-36H2,1,3H3. The van der Waals surface area contributed by atoms with E-state index in [4.69, 9.17) is 0 Å². The number of benzene rings is 6.